The lowest BCUT2D eigenvalue weighted by atomic mass is 10.0. The summed E-state index contributed by atoms with van der Waals surface area (Å²) in [5.74, 6) is 0.857. The van der Waals surface area contributed by atoms with E-state index in [2.05, 4.69) is 19.2 Å². The third kappa shape index (κ3) is 6.99. The van der Waals surface area contributed by atoms with E-state index >= 15 is 0 Å². The molecule has 0 saturated heterocycles. The van der Waals surface area contributed by atoms with Crippen LogP contribution in [-0.4, -0.2) is 36.0 Å². The Balaban J connectivity index is 3.59. The average Bonchev–Trinajstić information content (AvgIpc) is 2.10. The van der Waals surface area contributed by atoms with Crippen molar-refractivity contribution < 1.29 is 10.2 Å². The van der Waals surface area contributed by atoms with Crippen molar-refractivity contribution in [3.63, 3.8) is 0 Å². The summed E-state index contributed by atoms with van der Waals surface area (Å²) < 4.78 is 0. The first-order valence-electron chi connectivity index (χ1n) is 5.05. The molecule has 0 saturated carbocycles. The Kier molecular flexibility index (Phi) is 7.23. The SMILES string of the molecule is CC(C)CC(CO)NCC(C)CO. The van der Waals surface area contributed by atoms with E-state index in [0.29, 0.717) is 5.92 Å². The largest absolute Gasteiger partial charge is 0.396 e. The number of aliphatic hydroxyl groups excluding tert-OH is 2. The zero-order valence-electron chi connectivity index (χ0n) is 8.95. The highest BCUT2D eigenvalue weighted by Crippen LogP contribution is 2.04. The van der Waals surface area contributed by atoms with Crippen molar-refractivity contribution in [3.8, 4) is 0 Å². The van der Waals surface area contributed by atoms with Gasteiger partial charge in [0.15, 0.2) is 0 Å². The zero-order chi connectivity index (χ0) is 10.3. The summed E-state index contributed by atoms with van der Waals surface area (Å²) in [5, 5.41) is 21.1. The van der Waals surface area contributed by atoms with Gasteiger partial charge in [0.1, 0.15) is 0 Å². The highest BCUT2D eigenvalue weighted by molar-refractivity contribution is 4.68. The molecular formula is C10H23NO2. The van der Waals surface area contributed by atoms with Gasteiger partial charge in [-0.25, -0.2) is 0 Å². The summed E-state index contributed by atoms with van der Waals surface area (Å²) in [6.07, 6.45) is 0.981. The first-order valence-corrected chi connectivity index (χ1v) is 5.05. The van der Waals surface area contributed by atoms with Crippen LogP contribution in [-0.2, 0) is 0 Å². The third-order valence-electron chi connectivity index (χ3n) is 2.04. The van der Waals surface area contributed by atoms with E-state index < -0.39 is 0 Å². The van der Waals surface area contributed by atoms with Gasteiger partial charge in [-0.3, -0.25) is 0 Å². The Morgan fingerprint density at radius 1 is 1.08 bits per heavy atom. The maximum Gasteiger partial charge on any atom is 0.0584 e. The van der Waals surface area contributed by atoms with Crippen molar-refractivity contribution in [3.05, 3.63) is 0 Å². The van der Waals surface area contributed by atoms with Gasteiger partial charge in [0.25, 0.3) is 0 Å². The van der Waals surface area contributed by atoms with Crippen molar-refractivity contribution in [2.45, 2.75) is 33.2 Å². The van der Waals surface area contributed by atoms with Gasteiger partial charge in [0.2, 0.25) is 0 Å². The standard InChI is InChI=1S/C10H23NO2/c1-8(2)4-10(7-13)11-5-9(3)6-12/h8-13H,4-7H2,1-3H3. The fourth-order valence-electron chi connectivity index (χ4n) is 1.22. The second kappa shape index (κ2) is 7.30. The molecule has 0 aliphatic heterocycles. The predicted molar refractivity (Wildman–Crippen MR) is 54.6 cm³/mol. The fourth-order valence-corrected chi connectivity index (χ4v) is 1.22. The molecule has 0 aromatic carbocycles. The van der Waals surface area contributed by atoms with Crippen molar-refractivity contribution in [1.29, 1.82) is 0 Å². The second-order valence-electron chi connectivity index (χ2n) is 4.21. The van der Waals surface area contributed by atoms with Gasteiger partial charge in [-0.05, 0) is 18.3 Å². The monoisotopic (exact) mass is 189 g/mol. The normalized spacial score (nSPS) is 16.2. The molecule has 3 nitrogen and oxygen atoms in total. The Morgan fingerprint density at radius 3 is 2.08 bits per heavy atom. The molecule has 0 aromatic rings. The van der Waals surface area contributed by atoms with E-state index in [1.54, 1.807) is 0 Å². The molecule has 0 heterocycles. The van der Waals surface area contributed by atoms with Crippen LogP contribution in [0.2, 0.25) is 0 Å². The van der Waals surface area contributed by atoms with Crippen molar-refractivity contribution >= 4 is 0 Å². The van der Waals surface area contributed by atoms with Crippen LogP contribution in [0, 0.1) is 11.8 Å². The van der Waals surface area contributed by atoms with Crippen molar-refractivity contribution in [1.82, 2.24) is 5.32 Å². The molecule has 0 aliphatic carbocycles. The summed E-state index contributed by atoms with van der Waals surface area (Å²) in [4.78, 5) is 0. The maximum atomic E-state index is 9.04. The lowest BCUT2D eigenvalue weighted by molar-refractivity contribution is 0.198. The molecule has 0 spiro atoms. The summed E-state index contributed by atoms with van der Waals surface area (Å²) in [6, 6.07) is 0.175. The molecule has 13 heavy (non-hydrogen) atoms. The second-order valence-corrected chi connectivity index (χ2v) is 4.21. The number of rotatable bonds is 7. The zero-order valence-corrected chi connectivity index (χ0v) is 8.95. The third-order valence-corrected chi connectivity index (χ3v) is 2.04. The summed E-state index contributed by atoms with van der Waals surface area (Å²) >= 11 is 0. The summed E-state index contributed by atoms with van der Waals surface area (Å²) in [6.45, 7) is 7.41. The van der Waals surface area contributed by atoms with Gasteiger partial charge in [-0.2, -0.15) is 0 Å². The van der Waals surface area contributed by atoms with Crippen LogP contribution in [0.4, 0.5) is 0 Å². The molecule has 0 radical (unpaired) electrons. The first kappa shape index (κ1) is 12.9. The van der Waals surface area contributed by atoms with Gasteiger partial charge < -0.3 is 15.5 Å². The summed E-state index contributed by atoms with van der Waals surface area (Å²) in [7, 11) is 0. The molecule has 0 aliphatic rings. The van der Waals surface area contributed by atoms with Crippen LogP contribution in [0.3, 0.4) is 0 Å². The van der Waals surface area contributed by atoms with Crippen molar-refractivity contribution in [2.24, 2.45) is 11.8 Å². The first-order chi connectivity index (χ1) is 6.10. The quantitative estimate of drug-likeness (QED) is 0.550. The van der Waals surface area contributed by atoms with Crippen LogP contribution in [0.1, 0.15) is 27.2 Å². The topological polar surface area (TPSA) is 52.5 Å². The Morgan fingerprint density at radius 2 is 1.69 bits per heavy atom. The highest BCUT2D eigenvalue weighted by atomic mass is 16.3. The molecule has 2 unspecified atom stereocenters. The molecule has 3 heteroatoms. The molecule has 2 atom stereocenters. The minimum Gasteiger partial charge on any atom is -0.396 e. The molecule has 0 rings (SSSR count). The van der Waals surface area contributed by atoms with Gasteiger partial charge in [-0.15, -0.1) is 0 Å². The lowest BCUT2D eigenvalue weighted by Crippen LogP contribution is -2.37. The van der Waals surface area contributed by atoms with E-state index in [9.17, 15) is 0 Å². The maximum absolute atomic E-state index is 9.04. The van der Waals surface area contributed by atoms with E-state index in [-0.39, 0.29) is 25.2 Å². The molecule has 0 fully saturated rings. The molecule has 0 bridgehead atoms. The number of hydrogen-bond donors (Lipinski definition) is 3. The Bertz CT molecular complexity index is 117. The van der Waals surface area contributed by atoms with Gasteiger partial charge in [-0.1, -0.05) is 20.8 Å². The van der Waals surface area contributed by atoms with E-state index in [4.69, 9.17) is 10.2 Å². The highest BCUT2D eigenvalue weighted by Gasteiger charge is 2.10. The van der Waals surface area contributed by atoms with Crippen LogP contribution < -0.4 is 5.32 Å². The number of hydrogen-bond acceptors (Lipinski definition) is 3. The average molecular weight is 189 g/mol. The van der Waals surface area contributed by atoms with Crippen LogP contribution >= 0.6 is 0 Å². The lowest BCUT2D eigenvalue weighted by Gasteiger charge is -2.20. The molecule has 0 aromatic heterocycles. The molecule has 0 amide bonds. The van der Waals surface area contributed by atoms with E-state index in [1.165, 1.54) is 0 Å². The number of aliphatic hydroxyl groups is 2. The molecule has 80 valence electrons. The minimum atomic E-state index is 0.175. The number of nitrogens with one attached hydrogen (secondary N) is 1. The minimum absolute atomic E-state index is 0.175. The summed E-state index contributed by atoms with van der Waals surface area (Å²) in [5.41, 5.74) is 0. The van der Waals surface area contributed by atoms with E-state index in [0.717, 1.165) is 13.0 Å². The smallest absolute Gasteiger partial charge is 0.0584 e. The Hall–Kier alpha value is -0.120. The van der Waals surface area contributed by atoms with Crippen LogP contribution in [0.5, 0.6) is 0 Å². The van der Waals surface area contributed by atoms with Crippen LogP contribution in [0.25, 0.3) is 0 Å². The fraction of sp³-hybridized carbons (Fsp3) is 1.00. The molecule has 3 N–H and O–H groups in total. The Labute approximate surface area is 81.2 Å². The van der Waals surface area contributed by atoms with E-state index in [1.807, 2.05) is 6.92 Å². The van der Waals surface area contributed by atoms with Gasteiger partial charge in [0, 0.05) is 19.2 Å². The van der Waals surface area contributed by atoms with Gasteiger partial charge in [0.05, 0.1) is 6.61 Å². The predicted octanol–water partition coefficient (Wildman–Crippen LogP) is 0.611. The van der Waals surface area contributed by atoms with Gasteiger partial charge >= 0.3 is 0 Å². The van der Waals surface area contributed by atoms with Crippen LogP contribution in [0.15, 0.2) is 0 Å². The molecular weight excluding hydrogens is 166 g/mol. The van der Waals surface area contributed by atoms with Crippen molar-refractivity contribution in [2.75, 3.05) is 19.8 Å².